The molecule has 1 heterocycles. The van der Waals surface area contributed by atoms with E-state index in [-0.39, 0.29) is 12.3 Å². The molecule has 0 saturated heterocycles. The highest BCUT2D eigenvalue weighted by atomic mass is 16.4. The normalized spacial score (nSPS) is 11.0. The lowest BCUT2D eigenvalue weighted by Crippen LogP contribution is -2.06. The topological polar surface area (TPSA) is 79.3 Å². The van der Waals surface area contributed by atoms with Gasteiger partial charge in [0.05, 0.1) is 17.6 Å². The van der Waals surface area contributed by atoms with Crippen molar-refractivity contribution in [3.63, 3.8) is 0 Å². The lowest BCUT2D eigenvalue weighted by atomic mass is 9.92. The Morgan fingerprint density at radius 1 is 0.906 bits per heavy atom. The molecule has 158 valence electrons. The van der Waals surface area contributed by atoms with Crippen LogP contribution in [0.1, 0.15) is 23.7 Å². The van der Waals surface area contributed by atoms with E-state index in [0.29, 0.717) is 11.3 Å². The van der Waals surface area contributed by atoms with E-state index in [2.05, 4.69) is 5.32 Å². The van der Waals surface area contributed by atoms with Gasteiger partial charge in [-0.05, 0) is 46.5 Å². The van der Waals surface area contributed by atoms with Crippen LogP contribution in [0.15, 0.2) is 78.9 Å². The molecule has 0 aliphatic heterocycles. The van der Waals surface area contributed by atoms with Gasteiger partial charge in [-0.3, -0.25) is 9.59 Å². The largest absolute Gasteiger partial charge is 0.481 e. The Balaban J connectivity index is 1.84. The summed E-state index contributed by atoms with van der Waals surface area (Å²) in [6.07, 6.45) is 3.61. The number of pyridine rings is 1. The van der Waals surface area contributed by atoms with Gasteiger partial charge < -0.3 is 10.4 Å². The highest BCUT2D eigenvalue weighted by Crippen LogP contribution is 2.34. The molecule has 0 aliphatic carbocycles. The monoisotopic (exact) mass is 422 g/mol. The van der Waals surface area contributed by atoms with Crippen LogP contribution >= 0.6 is 0 Å². The van der Waals surface area contributed by atoms with E-state index >= 15 is 0 Å². The Bertz CT molecular complexity index is 1310. The Morgan fingerprint density at radius 2 is 1.59 bits per heavy atom. The minimum atomic E-state index is -0.909. The zero-order valence-corrected chi connectivity index (χ0v) is 17.6. The number of fused-ring (bicyclic) bond motifs is 1. The lowest BCUT2D eigenvalue weighted by Gasteiger charge is -2.15. The van der Waals surface area contributed by atoms with Gasteiger partial charge in [-0.25, -0.2) is 4.98 Å². The molecule has 5 heteroatoms. The van der Waals surface area contributed by atoms with Gasteiger partial charge in [-0.1, -0.05) is 66.7 Å². The van der Waals surface area contributed by atoms with Crippen LogP contribution in [0.3, 0.4) is 0 Å². The van der Waals surface area contributed by atoms with Crippen molar-refractivity contribution in [3.8, 4) is 11.1 Å². The van der Waals surface area contributed by atoms with E-state index in [4.69, 9.17) is 4.98 Å². The van der Waals surface area contributed by atoms with Gasteiger partial charge >= 0.3 is 5.97 Å². The molecule has 4 aromatic rings. The number of aliphatic carboxylic acids is 1. The number of carboxylic acid groups (broad SMARTS) is 1. The summed E-state index contributed by atoms with van der Waals surface area (Å²) in [6.45, 7) is 1.47. The van der Waals surface area contributed by atoms with E-state index in [1.54, 1.807) is 0 Å². The lowest BCUT2D eigenvalue weighted by molar-refractivity contribution is -0.136. The van der Waals surface area contributed by atoms with Crippen LogP contribution in [0.25, 0.3) is 34.2 Å². The molecular weight excluding hydrogens is 400 g/mol. The number of anilines is 1. The van der Waals surface area contributed by atoms with Gasteiger partial charge in [0.1, 0.15) is 0 Å². The number of para-hydroxylation sites is 1. The summed E-state index contributed by atoms with van der Waals surface area (Å²) in [6, 6.07) is 25.0. The second kappa shape index (κ2) is 9.27. The highest BCUT2D eigenvalue weighted by Gasteiger charge is 2.17. The molecule has 0 spiro atoms. The van der Waals surface area contributed by atoms with Crippen molar-refractivity contribution in [1.82, 2.24) is 4.98 Å². The van der Waals surface area contributed by atoms with Crippen LogP contribution in [-0.4, -0.2) is 22.0 Å². The molecule has 0 atom stereocenters. The maximum Gasteiger partial charge on any atom is 0.307 e. The smallest absolute Gasteiger partial charge is 0.307 e. The van der Waals surface area contributed by atoms with Crippen LogP contribution < -0.4 is 5.32 Å². The van der Waals surface area contributed by atoms with Crippen molar-refractivity contribution in [2.24, 2.45) is 0 Å². The maximum absolute atomic E-state index is 11.8. The number of hydrogen-bond acceptors (Lipinski definition) is 3. The van der Waals surface area contributed by atoms with E-state index < -0.39 is 5.97 Å². The van der Waals surface area contributed by atoms with E-state index in [1.165, 1.54) is 6.92 Å². The Kier molecular flexibility index (Phi) is 6.08. The first-order chi connectivity index (χ1) is 15.5. The number of nitrogens with zero attached hydrogens (tertiary/aromatic N) is 1. The molecule has 0 radical (unpaired) electrons. The minimum Gasteiger partial charge on any atom is -0.481 e. The quantitative estimate of drug-likeness (QED) is 0.420. The minimum absolute atomic E-state index is 0.125. The van der Waals surface area contributed by atoms with Crippen LogP contribution in [-0.2, 0) is 16.0 Å². The Morgan fingerprint density at radius 3 is 2.28 bits per heavy atom. The van der Waals surface area contributed by atoms with Crippen LogP contribution in [0.2, 0.25) is 0 Å². The number of hydrogen-bond donors (Lipinski definition) is 2. The molecule has 0 unspecified atom stereocenters. The summed E-state index contributed by atoms with van der Waals surface area (Å²) in [7, 11) is 0. The molecule has 0 bridgehead atoms. The molecule has 0 saturated carbocycles. The summed E-state index contributed by atoms with van der Waals surface area (Å²) in [5, 5.41) is 13.3. The standard InChI is InChI=1S/C27H22N2O3/c1-18(30)28-21-14-11-19(12-15-21)13-16-25-23(17-26(31)32)27(20-7-3-2-4-8-20)22-9-5-6-10-24(22)29-25/h2-16H,17H2,1H3,(H,28,30)(H,31,32)/b16-13+. The van der Waals surface area contributed by atoms with E-state index in [9.17, 15) is 14.7 Å². The number of carbonyl (C=O) groups excluding carboxylic acids is 1. The number of amides is 1. The Hall–Kier alpha value is -4.25. The summed E-state index contributed by atoms with van der Waals surface area (Å²) in [5.74, 6) is -1.03. The summed E-state index contributed by atoms with van der Waals surface area (Å²) in [5.41, 5.74) is 5.58. The van der Waals surface area contributed by atoms with E-state index in [1.807, 2.05) is 91.0 Å². The van der Waals surface area contributed by atoms with Crippen molar-refractivity contribution in [2.45, 2.75) is 13.3 Å². The van der Waals surface area contributed by atoms with E-state index in [0.717, 1.165) is 33.3 Å². The zero-order chi connectivity index (χ0) is 22.5. The van der Waals surface area contributed by atoms with Gasteiger partial charge in [0.25, 0.3) is 0 Å². The predicted molar refractivity (Wildman–Crippen MR) is 128 cm³/mol. The van der Waals surface area contributed by atoms with Crippen LogP contribution in [0.5, 0.6) is 0 Å². The summed E-state index contributed by atoms with van der Waals surface area (Å²) in [4.78, 5) is 27.7. The number of carbonyl (C=O) groups is 2. The fourth-order valence-electron chi connectivity index (χ4n) is 3.73. The van der Waals surface area contributed by atoms with Crippen molar-refractivity contribution >= 4 is 40.6 Å². The first kappa shape index (κ1) is 21.0. The molecule has 3 aromatic carbocycles. The molecule has 0 fully saturated rings. The van der Waals surface area contributed by atoms with Crippen molar-refractivity contribution in [3.05, 3.63) is 95.7 Å². The molecule has 1 aromatic heterocycles. The number of carboxylic acids is 1. The predicted octanol–water partition coefficient (Wildman–Crippen LogP) is 5.66. The third-order valence-electron chi connectivity index (χ3n) is 5.08. The van der Waals surface area contributed by atoms with Crippen molar-refractivity contribution < 1.29 is 14.7 Å². The van der Waals surface area contributed by atoms with Gasteiger partial charge in [-0.15, -0.1) is 0 Å². The SMILES string of the molecule is CC(=O)Nc1ccc(/C=C/c2nc3ccccc3c(-c3ccccc3)c2CC(=O)O)cc1. The first-order valence-corrected chi connectivity index (χ1v) is 10.3. The van der Waals surface area contributed by atoms with Crippen molar-refractivity contribution in [2.75, 3.05) is 5.32 Å². The molecule has 5 nitrogen and oxygen atoms in total. The molecule has 4 rings (SSSR count). The summed E-state index contributed by atoms with van der Waals surface area (Å²) < 4.78 is 0. The Labute approximate surface area is 186 Å². The van der Waals surface area contributed by atoms with Crippen LogP contribution in [0, 0.1) is 0 Å². The third-order valence-corrected chi connectivity index (χ3v) is 5.08. The van der Waals surface area contributed by atoms with Gasteiger partial charge in [0.2, 0.25) is 5.91 Å². The maximum atomic E-state index is 11.8. The van der Waals surface area contributed by atoms with Gasteiger partial charge in [-0.2, -0.15) is 0 Å². The summed E-state index contributed by atoms with van der Waals surface area (Å²) >= 11 is 0. The molecule has 0 aliphatic rings. The van der Waals surface area contributed by atoms with Gasteiger partial charge in [0.15, 0.2) is 0 Å². The second-order valence-electron chi connectivity index (χ2n) is 7.44. The van der Waals surface area contributed by atoms with Gasteiger partial charge in [0, 0.05) is 18.0 Å². The fourth-order valence-corrected chi connectivity index (χ4v) is 3.73. The fraction of sp³-hybridized carbons (Fsp3) is 0.0741. The molecule has 2 N–H and O–H groups in total. The van der Waals surface area contributed by atoms with Crippen LogP contribution in [0.4, 0.5) is 5.69 Å². The number of rotatable bonds is 6. The third kappa shape index (κ3) is 4.73. The molecular formula is C27H22N2O3. The molecule has 32 heavy (non-hydrogen) atoms. The average Bonchev–Trinajstić information content (AvgIpc) is 2.78. The number of nitrogens with one attached hydrogen (secondary N) is 1. The highest BCUT2D eigenvalue weighted by molar-refractivity contribution is 5.99. The number of aromatic nitrogens is 1. The second-order valence-corrected chi connectivity index (χ2v) is 7.44. The zero-order valence-electron chi connectivity index (χ0n) is 17.6. The van der Waals surface area contributed by atoms with Crippen molar-refractivity contribution in [1.29, 1.82) is 0 Å². The number of benzene rings is 3. The molecule has 1 amide bonds. The average molecular weight is 422 g/mol. The first-order valence-electron chi connectivity index (χ1n) is 10.3.